The summed E-state index contributed by atoms with van der Waals surface area (Å²) in [7, 11) is 0. The Hall–Kier alpha value is -4.15. The molecule has 2 aromatic carbocycles. The van der Waals surface area contributed by atoms with Crippen molar-refractivity contribution in [2.24, 2.45) is 10.7 Å². The normalized spacial score (nSPS) is 17.9. The average Bonchev–Trinajstić information content (AvgIpc) is 3.30. The average molecular weight is 551 g/mol. The number of aliphatic imine (C=N–C) groups is 1. The van der Waals surface area contributed by atoms with Crippen molar-refractivity contribution in [2.45, 2.75) is 33.2 Å². The number of carbonyl (C=O) groups excluding carboxylic acids is 2. The minimum absolute atomic E-state index is 0.0676. The van der Waals surface area contributed by atoms with E-state index in [1.54, 1.807) is 37.3 Å². The van der Waals surface area contributed by atoms with Crippen LogP contribution in [0.3, 0.4) is 0 Å². The van der Waals surface area contributed by atoms with Crippen LogP contribution in [0.25, 0.3) is 11.3 Å². The molecular weight excluding hydrogens is 520 g/mol. The second-order valence-corrected chi connectivity index (χ2v) is 9.47. The van der Waals surface area contributed by atoms with Crippen molar-refractivity contribution < 1.29 is 18.8 Å². The number of carbonyl (C=O) groups is 2. The molecule has 7 rings (SSSR count). The highest BCUT2D eigenvalue weighted by Crippen LogP contribution is 2.29. The van der Waals surface area contributed by atoms with Crippen LogP contribution in [0.4, 0.5) is 5.69 Å². The third kappa shape index (κ3) is 7.46. The lowest BCUT2D eigenvalue weighted by molar-refractivity contribution is -0.115. The van der Waals surface area contributed by atoms with E-state index in [0.29, 0.717) is 46.6 Å². The number of rotatable bonds is 0. The molecule has 5 heterocycles. The minimum Gasteiger partial charge on any atom is -0.490 e. The Kier molecular flexibility index (Phi) is 9.35. The van der Waals surface area contributed by atoms with Crippen LogP contribution in [0, 0.1) is 13.8 Å². The summed E-state index contributed by atoms with van der Waals surface area (Å²) in [5.41, 5.74) is 9.45. The van der Waals surface area contributed by atoms with Crippen molar-refractivity contribution in [1.82, 2.24) is 15.8 Å². The van der Waals surface area contributed by atoms with Crippen LogP contribution >= 0.6 is 11.6 Å². The van der Waals surface area contributed by atoms with Gasteiger partial charge in [-0.15, -0.1) is 0 Å². The smallest absolute Gasteiger partial charge is 0.286 e. The third-order valence-corrected chi connectivity index (χ3v) is 6.33. The highest BCUT2D eigenvalue weighted by atomic mass is 35.5. The molecule has 0 saturated carbocycles. The van der Waals surface area contributed by atoms with E-state index in [1.807, 2.05) is 25.1 Å². The lowest BCUT2D eigenvalue weighted by Gasteiger charge is -2.14. The van der Waals surface area contributed by atoms with Gasteiger partial charge in [-0.25, -0.2) is 0 Å². The van der Waals surface area contributed by atoms with Crippen molar-refractivity contribution in [2.75, 3.05) is 25.0 Å². The van der Waals surface area contributed by atoms with Crippen LogP contribution in [0.1, 0.15) is 40.1 Å². The molecule has 4 aliphatic heterocycles. The number of anilines is 1. The van der Waals surface area contributed by atoms with E-state index < -0.39 is 5.91 Å². The van der Waals surface area contributed by atoms with Gasteiger partial charge in [0.15, 0.2) is 5.96 Å². The zero-order valence-corrected chi connectivity index (χ0v) is 22.6. The first-order valence-electron chi connectivity index (χ1n) is 12.6. The predicted molar refractivity (Wildman–Crippen MR) is 151 cm³/mol. The molecule has 0 unspecified atom stereocenters. The standard InChI is InChI=1S/C28H31ClN6O4/c1-17-13-19-14-22(29)25(17)33-23(36)16-31-11-5-3-4-6-12-38-21-9-7-20(8-10-21)26-24(18(2)39-35-26)27(37)34-28(30)32-15-19/h4,6-10,13-14,31H,3,5,11-12,15-16H2,1-2H3,(H,33,36)(H3,30,32,34,37)/b6-4+. The summed E-state index contributed by atoms with van der Waals surface area (Å²) in [4.78, 5) is 29.4. The van der Waals surface area contributed by atoms with Gasteiger partial charge in [-0.1, -0.05) is 35.0 Å². The van der Waals surface area contributed by atoms with E-state index in [-0.39, 0.29) is 30.5 Å². The maximum atomic E-state index is 13.0. The summed E-state index contributed by atoms with van der Waals surface area (Å²) in [6, 6.07) is 10.8. The number of nitrogens with two attached hydrogens (primary N) is 1. The number of aryl methyl sites for hydroxylation is 2. The lowest BCUT2D eigenvalue weighted by Crippen LogP contribution is -2.32. The fourth-order valence-electron chi connectivity index (χ4n) is 4.06. The molecule has 5 N–H and O–H groups in total. The van der Waals surface area contributed by atoms with E-state index in [2.05, 4.69) is 26.1 Å². The fourth-order valence-corrected chi connectivity index (χ4v) is 4.40. The molecule has 4 bridgehead atoms. The Morgan fingerprint density at radius 2 is 1.85 bits per heavy atom. The van der Waals surface area contributed by atoms with Crippen LogP contribution < -0.4 is 26.4 Å². The van der Waals surface area contributed by atoms with Gasteiger partial charge in [0.05, 0.1) is 17.3 Å². The van der Waals surface area contributed by atoms with Crippen LogP contribution in [-0.2, 0) is 11.3 Å². The van der Waals surface area contributed by atoms with Gasteiger partial charge < -0.3 is 30.9 Å². The van der Waals surface area contributed by atoms with Gasteiger partial charge in [-0.3, -0.25) is 9.59 Å². The SMILES string of the molecule is Cc1cc2cc(Cl)c1NC(=O)CNCCC/C=C/COc1ccc(cc1)-c1noc(C)c1C(=O)/N=C(\N)NC2. The minimum atomic E-state index is -0.582. The molecule has 3 aromatic rings. The third-order valence-electron chi connectivity index (χ3n) is 6.03. The maximum absolute atomic E-state index is 13.0. The summed E-state index contributed by atoms with van der Waals surface area (Å²) >= 11 is 6.46. The van der Waals surface area contributed by atoms with Crippen LogP contribution in [0.2, 0.25) is 5.02 Å². The number of aromatic nitrogens is 1. The molecule has 0 spiro atoms. The van der Waals surface area contributed by atoms with E-state index in [4.69, 9.17) is 26.6 Å². The van der Waals surface area contributed by atoms with Gasteiger partial charge in [-0.2, -0.15) is 4.99 Å². The Labute approximate surface area is 231 Å². The predicted octanol–water partition coefficient (Wildman–Crippen LogP) is 4.11. The van der Waals surface area contributed by atoms with Crippen molar-refractivity contribution in [3.05, 3.63) is 76.0 Å². The first kappa shape index (κ1) is 27.9. The summed E-state index contributed by atoms with van der Waals surface area (Å²) < 4.78 is 11.1. The van der Waals surface area contributed by atoms with Crippen molar-refractivity contribution in [3.8, 4) is 17.0 Å². The Morgan fingerprint density at radius 3 is 2.62 bits per heavy atom. The van der Waals surface area contributed by atoms with Crippen molar-refractivity contribution >= 4 is 35.1 Å². The number of hydrogen-bond acceptors (Lipinski definition) is 8. The number of allylic oxidation sites excluding steroid dienone is 1. The van der Waals surface area contributed by atoms with Crippen LogP contribution in [-0.4, -0.2) is 42.6 Å². The first-order valence-corrected chi connectivity index (χ1v) is 13.0. The molecule has 0 radical (unpaired) electrons. The molecular formula is C28H31ClN6O4. The Morgan fingerprint density at radius 1 is 1.05 bits per heavy atom. The topological polar surface area (TPSA) is 144 Å². The largest absolute Gasteiger partial charge is 0.490 e. The fraction of sp³-hybridized carbons (Fsp3) is 0.286. The highest BCUT2D eigenvalue weighted by molar-refractivity contribution is 6.34. The number of amides is 2. The lowest BCUT2D eigenvalue weighted by atomic mass is 10.1. The van der Waals surface area contributed by atoms with Crippen molar-refractivity contribution in [3.63, 3.8) is 0 Å². The second kappa shape index (κ2) is 13.1. The number of halogens is 1. The van der Waals surface area contributed by atoms with Crippen LogP contribution in [0.5, 0.6) is 5.75 Å². The van der Waals surface area contributed by atoms with Gasteiger partial charge in [0.1, 0.15) is 29.4 Å². The monoisotopic (exact) mass is 550 g/mol. The molecule has 0 aliphatic carbocycles. The zero-order valence-electron chi connectivity index (χ0n) is 21.8. The highest BCUT2D eigenvalue weighted by Gasteiger charge is 2.22. The zero-order chi connectivity index (χ0) is 27.8. The molecule has 204 valence electrons. The molecule has 0 fully saturated rings. The summed E-state index contributed by atoms with van der Waals surface area (Å²) in [5, 5.41) is 13.4. The van der Waals surface area contributed by atoms with Gasteiger partial charge in [-0.05, 0) is 74.7 Å². The van der Waals surface area contributed by atoms with Crippen LogP contribution in [0.15, 0.2) is 58.1 Å². The van der Waals surface area contributed by atoms with E-state index in [0.717, 1.165) is 24.0 Å². The Bertz CT molecular complexity index is 1370. The van der Waals surface area contributed by atoms with Gasteiger partial charge in [0.25, 0.3) is 5.91 Å². The molecule has 1 aromatic heterocycles. The maximum Gasteiger partial charge on any atom is 0.286 e. The number of guanidine groups is 1. The second-order valence-electron chi connectivity index (χ2n) is 9.06. The Balaban J connectivity index is 1.57. The molecule has 4 aliphatic rings. The summed E-state index contributed by atoms with van der Waals surface area (Å²) in [6.45, 7) is 5.06. The molecule has 0 saturated heterocycles. The van der Waals surface area contributed by atoms with E-state index in [1.165, 1.54) is 0 Å². The number of nitrogens with zero attached hydrogens (tertiary/aromatic N) is 2. The molecule has 11 heteroatoms. The molecule has 2 amide bonds. The summed E-state index contributed by atoms with van der Waals surface area (Å²) in [6.07, 6.45) is 5.73. The quantitative estimate of drug-likeness (QED) is 0.306. The molecule has 39 heavy (non-hydrogen) atoms. The van der Waals surface area contributed by atoms with Gasteiger partial charge in [0.2, 0.25) is 5.91 Å². The molecule has 0 atom stereocenters. The number of benzene rings is 2. The van der Waals surface area contributed by atoms with Crippen molar-refractivity contribution in [1.29, 1.82) is 0 Å². The number of hydrogen-bond donors (Lipinski definition) is 4. The van der Waals surface area contributed by atoms with E-state index in [9.17, 15) is 9.59 Å². The number of ether oxygens (including phenoxy) is 1. The first-order chi connectivity index (χ1) is 18.8. The molecule has 10 nitrogen and oxygen atoms in total. The summed E-state index contributed by atoms with van der Waals surface area (Å²) in [5.74, 6) is 0.185. The van der Waals surface area contributed by atoms with Gasteiger partial charge in [0, 0.05) is 12.1 Å². The van der Waals surface area contributed by atoms with E-state index >= 15 is 0 Å². The number of nitrogens with one attached hydrogen (secondary N) is 3. The van der Waals surface area contributed by atoms with Gasteiger partial charge >= 0.3 is 0 Å².